The van der Waals surface area contributed by atoms with E-state index in [1.54, 1.807) is 18.2 Å². The van der Waals surface area contributed by atoms with Crippen molar-refractivity contribution in [3.8, 4) is 16.9 Å². The summed E-state index contributed by atoms with van der Waals surface area (Å²) in [5, 5.41) is 0.348. The summed E-state index contributed by atoms with van der Waals surface area (Å²) in [5.74, 6) is 0.0713. The molecule has 0 saturated carbocycles. The fourth-order valence-corrected chi connectivity index (χ4v) is 3.68. The molecule has 5 nitrogen and oxygen atoms in total. The largest absolute Gasteiger partial charge is 0.463 e. The zero-order valence-corrected chi connectivity index (χ0v) is 14.8. The van der Waals surface area contributed by atoms with E-state index in [-0.39, 0.29) is 21.7 Å². The van der Waals surface area contributed by atoms with Crippen LogP contribution in [0.15, 0.2) is 99.2 Å². The van der Waals surface area contributed by atoms with Crippen LogP contribution < -0.4 is 9.61 Å². The second-order valence-electron chi connectivity index (χ2n) is 5.85. The molecule has 0 N–H and O–H groups in total. The van der Waals surface area contributed by atoms with Crippen molar-refractivity contribution < 1.29 is 17.0 Å². The smallest absolute Gasteiger partial charge is 0.339 e. The fraction of sp³-hybridized carbons (Fsp3) is 0. The second kappa shape index (κ2) is 6.74. The van der Waals surface area contributed by atoms with E-state index in [2.05, 4.69) is 0 Å². The summed E-state index contributed by atoms with van der Waals surface area (Å²) in [6, 6.07) is 21.4. The van der Waals surface area contributed by atoms with Crippen LogP contribution in [-0.2, 0) is 10.1 Å². The highest BCUT2D eigenvalue weighted by molar-refractivity contribution is 7.87. The molecule has 0 spiro atoms. The Kier molecular flexibility index (Phi) is 4.25. The summed E-state index contributed by atoms with van der Waals surface area (Å²) >= 11 is 0. The normalized spacial score (nSPS) is 11.4. The molecular weight excluding hydrogens is 364 g/mol. The highest BCUT2D eigenvalue weighted by Gasteiger charge is 2.17. The lowest BCUT2D eigenvalue weighted by atomic mass is 10.1. The highest BCUT2D eigenvalue weighted by Crippen LogP contribution is 2.25. The Balaban J connectivity index is 1.73. The molecule has 27 heavy (non-hydrogen) atoms. The predicted octanol–water partition coefficient (Wildman–Crippen LogP) is 4.23. The van der Waals surface area contributed by atoms with Gasteiger partial charge in [0.05, 0.1) is 10.9 Å². The molecule has 0 radical (unpaired) electrons. The Morgan fingerprint density at radius 1 is 0.815 bits per heavy atom. The molecule has 0 aliphatic heterocycles. The molecule has 6 heteroatoms. The number of hydrogen-bond acceptors (Lipinski definition) is 5. The lowest BCUT2D eigenvalue weighted by Gasteiger charge is -2.08. The zero-order valence-electron chi connectivity index (χ0n) is 14.0. The second-order valence-corrected chi connectivity index (χ2v) is 7.40. The molecule has 0 amide bonds. The molecule has 0 saturated heterocycles. The van der Waals surface area contributed by atoms with E-state index in [1.165, 1.54) is 36.6 Å². The van der Waals surface area contributed by atoms with E-state index < -0.39 is 10.1 Å². The van der Waals surface area contributed by atoms with Crippen LogP contribution in [0.1, 0.15) is 0 Å². The van der Waals surface area contributed by atoms with Crippen molar-refractivity contribution in [3.05, 3.63) is 95.3 Å². The molecule has 0 bridgehead atoms. The molecule has 3 aromatic carbocycles. The van der Waals surface area contributed by atoms with Gasteiger partial charge in [0.25, 0.3) is 0 Å². The molecule has 4 aromatic rings. The van der Waals surface area contributed by atoms with Crippen molar-refractivity contribution in [1.82, 2.24) is 0 Å². The van der Waals surface area contributed by atoms with E-state index in [0.29, 0.717) is 10.9 Å². The maximum atomic E-state index is 12.7. The summed E-state index contributed by atoms with van der Waals surface area (Å²) in [7, 11) is -3.96. The molecule has 0 aliphatic carbocycles. The van der Waals surface area contributed by atoms with Crippen LogP contribution in [0.3, 0.4) is 0 Å². The monoisotopic (exact) mass is 378 g/mol. The van der Waals surface area contributed by atoms with Gasteiger partial charge in [0, 0.05) is 6.07 Å². The zero-order chi connectivity index (χ0) is 18.9. The highest BCUT2D eigenvalue weighted by atomic mass is 32.2. The molecular formula is C21H14O5S. The summed E-state index contributed by atoms with van der Waals surface area (Å²) in [6.45, 7) is 0. The standard InChI is InChI=1S/C21H14O5S/c22-21-18-12-11-16(26-27(23,24)17-9-5-2-6-10-17)13-20(18)25-14-19(21)15-7-3-1-4-8-15/h1-14H. The van der Waals surface area contributed by atoms with Gasteiger partial charge in [-0.1, -0.05) is 48.5 Å². The minimum absolute atomic E-state index is 0.0472. The van der Waals surface area contributed by atoms with Gasteiger partial charge in [-0.05, 0) is 29.8 Å². The Labute approximate surface area is 155 Å². The Hall–Kier alpha value is -3.38. The number of benzene rings is 3. The van der Waals surface area contributed by atoms with Crippen molar-refractivity contribution in [1.29, 1.82) is 0 Å². The molecule has 4 rings (SSSR count). The topological polar surface area (TPSA) is 73.6 Å². The van der Waals surface area contributed by atoms with Gasteiger partial charge in [0.2, 0.25) is 0 Å². The average molecular weight is 378 g/mol. The van der Waals surface area contributed by atoms with Crippen LogP contribution in [0.2, 0.25) is 0 Å². The van der Waals surface area contributed by atoms with Gasteiger partial charge in [0.1, 0.15) is 22.5 Å². The van der Waals surface area contributed by atoms with E-state index in [9.17, 15) is 13.2 Å². The molecule has 1 heterocycles. The van der Waals surface area contributed by atoms with Gasteiger partial charge >= 0.3 is 10.1 Å². The average Bonchev–Trinajstić information content (AvgIpc) is 2.69. The van der Waals surface area contributed by atoms with E-state index in [1.807, 2.05) is 30.3 Å². The van der Waals surface area contributed by atoms with E-state index >= 15 is 0 Å². The summed E-state index contributed by atoms with van der Waals surface area (Å²) in [4.78, 5) is 12.8. The summed E-state index contributed by atoms with van der Waals surface area (Å²) < 4.78 is 35.4. The first kappa shape index (κ1) is 17.1. The first-order chi connectivity index (χ1) is 13.0. The third-order valence-electron chi connectivity index (χ3n) is 4.07. The molecule has 1 aromatic heterocycles. The van der Waals surface area contributed by atoms with Crippen molar-refractivity contribution in [3.63, 3.8) is 0 Å². The van der Waals surface area contributed by atoms with Crippen molar-refractivity contribution in [2.24, 2.45) is 0 Å². The third-order valence-corrected chi connectivity index (χ3v) is 5.33. The van der Waals surface area contributed by atoms with E-state index in [4.69, 9.17) is 8.60 Å². The van der Waals surface area contributed by atoms with Gasteiger partial charge in [-0.25, -0.2) is 0 Å². The van der Waals surface area contributed by atoms with Crippen LogP contribution in [0.4, 0.5) is 0 Å². The maximum Gasteiger partial charge on any atom is 0.339 e. The van der Waals surface area contributed by atoms with Crippen molar-refractivity contribution >= 4 is 21.1 Å². The number of rotatable bonds is 4. The van der Waals surface area contributed by atoms with Gasteiger partial charge in [-0.15, -0.1) is 0 Å². The first-order valence-electron chi connectivity index (χ1n) is 8.15. The van der Waals surface area contributed by atoms with Crippen molar-refractivity contribution in [2.45, 2.75) is 4.90 Å². The van der Waals surface area contributed by atoms with Gasteiger partial charge in [-0.2, -0.15) is 8.42 Å². The van der Waals surface area contributed by atoms with Crippen LogP contribution in [0.25, 0.3) is 22.1 Å². The minimum Gasteiger partial charge on any atom is -0.463 e. The fourth-order valence-electron chi connectivity index (χ4n) is 2.74. The summed E-state index contributed by atoms with van der Waals surface area (Å²) in [5.41, 5.74) is 1.24. The van der Waals surface area contributed by atoms with Gasteiger partial charge in [-0.3, -0.25) is 4.79 Å². The minimum atomic E-state index is -3.96. The number of hydrogen-bond donors (Lipinski definition) is 0. The maximum absolute atomic E-state index is 12.7. The molecule has 0 aliphatic rings. The summed E-state index contributed by atoms with van der Waals surface area (Å²) in [6.07, 6.45) is 1.37. The van der Waals surface area contributed by atoms with Gasteiger partial charge < -0.3 is 8.60 Å². The van der Waals surface area contributed by atoms with Crippen LogP contribution >= 0.6 is 0 Å². The first-order valence-corrected chi connectivity index (χ1v) is 9.56. The Morgan fingerprint density at radius 3 is 2.19 bits per heavy atom. The Morgan fingerprint density at radius 2 is 1.48 bits per heavy atom. The third kappa shape index (κ3) is 3.35. The Bertz CT molecular complexity index is 1260. The van der Waals surface area contributed by atoms with Crippen molar-refractivity contribution in [2.75, 3.05) is 0 Å². The lowest BCUT2D eigenvalue weighted by molar-refractivity contribution is 0.485. The van der Waals surface area contributed by atoms with Crippen LogP contribution in [-0.4, -0.2) is 8.42 Å². The molecule has 134 valence electrons. The van der Waals surface area contributed by atoms with Gasteiger partial charge in [0.15, 0.2) is 5.43 Å². The van der Waals surface area contributed by atoms with E-state index in [0.717, 1.165) is 5.56 Å². The van der Waals surface area contributed by atoms with Crippen LogP contribution in [0, 0.1) is 0 Å². The molecule has 0 atom stereocenters. The predicted molar refractivity (Wildman–Crippen MR) is 102 cm³/mol. The SMILES string of the molecule is O=c1c(-c2ccccc2)coc2cc(OS(=O)(=O)c3ccccc3)ccc12. The quantitative estimate of drug-likeness (QED) is 0.497. The van der Waals surface area contributed by atoms with Crippen LogP contribution in [0.5, 0.6) is 5.75 Å². The molecule has 0 unspecified atom stereocenters. The number of fused-ring (bicyclic) bond motifs is 1. The molecule has 0 fully saturated rings. The lowest BCUT2D eigenvalue weighted by Crippen LogP contribution is -2.10.